The highest BCUT2D eigenvalue weighted by molar-refractivity contribution is 5.80. The predicted molar refractivity (Wildman–Crippen MR) is 84.4 cm³/mol. The first kappa shape index (κ1) is 18.4. The maximum atomic E-state index is 12.2. The van der Waals surface area contributed by atoms with Gasteiger partial charge in [-0.25, -0.2) is 0 Å². The first-order valence-electron chi connectivity index (χ1n) is 8.28. The number of morpholine rings is 1. The molecular weight excluding hydrogens is 268 g/mol. The summed E-state index contributed by atoms with van der Waals surface area (Å²) in [6.07, 6.45) is 3.11. The Morgan fingerprint density at radius 1 is 1.48 bits per heavy atom. The molecule has 0 aromatic rings. The summed E-state index contributed by atoms with van der Waals surface area (Å²) in [6, 6.07) is 0. The molecule has 1 saturated heterocycles. The molecular formula is C16H32N2O3. The summed E-state index contributed by atoms with van der Waals surface area (Å²) >= 11 is 0. The molecule has 124 valence electrons. The Morgan fingerprint density at radius 3 is 2.86 bits per heavy atom. The van der Waals surface area contributed by atoms with E-state index in [4.69, 9.17) is 9.47 Å². The van der Waals surface area contributed by atoms with E-state index in [2.05, 4.69) is 24.1 Å². The van der Waals surface area contributed by atoms with Crippen LogP contribution in [-0.2, 0) is 14.3 Å². The molecule has 5 nitrogen and oxygen atoms in total. The van der Waals surface area contributed by atoms with Crippen molar-refractivity contribution in [1.29, 1.82) is 0 Å². The van der Waals surface area contributed by atoms with Crippen LogP contribution in [0.15, 0.2) is 0 Å². The number of carbonyl (C=O) groups is 1. The molecule has 0 bridgehead atoms. The number of hydrogen-bond donors (Lipinski definition) is 1. The SMILES string of the molecule is CCCNC(C)(CCCN1CCOC(C)C1)C(=O)OCC. The lowest BCUT2D eigenvalue weighted by Crippen LogP contribution is -2.51. The van der Waals surface area contributed by atoms with Gasteiger partial charge in [0, 0.05) is 13.1 Å². The fourth-order valence-electron chi connectivity index (χ4n) is 2.70. The summed E-state index contributed by atoms with van der Waals surface area (Å²) in [5, 5.41) is 3.36. The van der Waals surface area contributed by atoms with E-state index in [-0.39, 0.29) is 5.97 Å². The molecule has 1 N–H and O–H groups in total. The van der Waals surface area contributed by atoms with Gasteiger partial charge in [-0.05, 0) is 53.1 Å². The fraction of sp³-hybridized carbons (Fsp3) is 0.938. The van der Waals surface area contributed by atoms with Crippen LogP contribution in [0, 0.1) is 0 Å². The lowest BCUT2D eigenvalue weighted by molar-refractivity contribution is -0.151. The molecule has 2 atom stereocenters. The minimum absolute atomic E-state index is 0.131. The van der Waals surface area contributed by atoms with Gasteiger partial charge < -0.3 is 14.8 Å². The van der Waals surface area contributed by atoms with Gasteiger partial charge in [0.15, 0.2) is 0 Å². The van der Waals surface area contributed by atoms with Crippen LogP contribution in [-0.4, -0.2) is 61.9 Å². The van der Waals surface area contributed by atoms with Crippen LogP contribution in [0.4, 0.5) is 0 Å². The van der Waals surface area contributed by atoms with Crippen LogP contribution < -0.4 is 5.32 Å². The van der Waals surface area contributed by atoms with Crippen molar-refractivity contribution in [2.75, 3.05) is 39.4 Å². The van der Waals surface area contributed by atoms with E-state index in [1.807, 2.05) is 13.8 Å². The summed E-state index contributed by atoms with van der Waals surface area (Å²) in [5.41, 5.74) is -0.566. The molecule has 1 heterocycles. The van der Waals surface area contributed by atoms with E-state index in [0.29, 0.717) is 12.7 Å². The number of rotatable bonds is 9. The van der Waals surface area contributed by atoms with Crippen molar-refractivity contribution in [3.63, 3.8) is 0 Å². The second-order valence-corrected chi connectivity index (χ2v) is 6.06. The molecule has 0 aliphatic carbocycles. The van der Waals surface area contributed by atoms with Gasteiger partial charge in [0.25, 0.3) is 0 Å². The van der Waals surface area contributed by atoms with Crippen LogP contribution in [0.1, 0.15) is 47.0 Å². The van der Waals surface area contributed by atoms with E-state index >= 15 is 0 Å². The van der Waals surface area contributed by atoms with Crippen molar-refractivity contribution < 1.29 is 14.3 Å². The van der Waals surface area contributed by atoms with Gasteiger partial charge in [0.05, 0.1) is 19.3 Å². The number of carbonyl (C=O) groups excluding carboxylic acids is 1. The highest BCUT2D eigenvalue weighted by Gasteiger charge is 2.33. The van der Waals surface area contributed by atoms with Crippen LogP contribution in [0.25, 0.3) is 0 Å². The maximum Gasteiger partial charge on any atom is 0.326 e. The van der Waals surface area contributed by atoms with Crippen molar-refractivity contribution in [2.24, 2.45) is 0 Å². The molecule has 1 rings (SSSR count). The number of ether oxygens (including phenoxy) is 2. The minimum atomic E-state index is -0.566. The van der Waals surface area contributed by atoms with E-state index in [9.17, 15) is 4.79 Å². The third-order valence-electron chi connectivity index (χ3n) is 3.97. The average Bonchev–Trinajstić information content (AvgIpc) is 2.45. The third kappa shape index (κ3) is 6.32. The van der Waals surface area contributed by atoms with Gasteiger partial charge in [0.2, 0.25) is 0 Å². The van der Waals surface area contributed by atoms with Gasteiger partial charge >= 0.3 is 5.97 Å². The Kier molecular flexibility index (Phi) is 8.22. The Hall–Kier alpha value is -0.650. The zero-order chi connectivity index (χ0) is 15.7. The normalized spacial score (nSPS) is 22.8. The highest BCUT2D eigenvalue weighted by Crippen LogP contribution is 2.16. The van der Waals surface area contributed by atoms with Crippen LogP contribution in [0.3, 0.4) is 0 Å². The topological polar surface area (TPSA) is 50.8 Å². The van der Waals surface area contributed by atoms with Crippen LogP contribution >= 0.6 is 0 Å². The molecule has 0 aromatic carbocycles. The largest absolute Gasteiger partial charge is 0.465 e. The second kappa shape index (κ2) is 9.38. The lowest BCUT2D eigenvalue weighted by atomic mass is 9.95. The molecule has 0 spiro atoms. The smallest absolute Gasteiger partial charge is 0.326 e. The first-order valence-corrected chi connectivity index (χ1v) is 8.28. The van der Waals surface area contributed by atoms with Gasteiger partial charge in [-0.15, -0.1) is 0 Å². The predicted octanol–water partition coefficient (Wildman–Crippen LogP) is 1.81. The Morgan fingerprint density at radius 2 is 2.24 bits per heavy atom. The quantitative estimate of drug-likeness (QED) is 0.658. The van der Waals surface area contributed by atoms with Gasteiger partial charge in [-0.1, -0.05) is 6.92 Å². The van der Waals surface area contributed by atoms with Gasteiger partial charge in [-0.3, -0.25) is 9.69 Å². The van der Waals surface area contributed by atoms with Crippen molar-refractivity contribution in [3.05, 3.63) is 0 Å². The molecule has 0 saturated carbocycles. The zero-order valence-corrected chi connectivity index (χ0v) is 14.1. The monoisotopic (exact) mass is 300 g/mol. The van der Waals surface area contributed by atoms with Gasteiger partial charge in [-0.2, -0.15) is 0 Å². The van der Waals surface area contributed by atoms with Crippen molar-refractivity contribution in [1.82, 2.24) is 10.2 Å². The number of esters is 1. The zero-order valence-electron chi connectivity index (χ0n) is 14.1. The number of hydrogen-bond acceptors (Lipinski definition) is 5. The van der Waals surface area contributed by atoms with E-state index in [1.54, 1.807) is 0 Å². The van der Waals surface area contributed by atoms with Crippen LogP contribution in [0.2, 0.25) is 0 Å². The number of nitrogens with zero attached hydrogens (tertiary/aromatic N) is 1. The first-order chi connectivity index (χ1) is 10.0. The van der Waals surface area contributed by atoms with E-state index in [1.165, 1.54) is 0 Å². The average molecular weight is 300 g/mol. The van der Waals surface area contributed by atoms with Gasteiger partial charge in [0.1, 0.15) is 5.54 Å². The summed E-state index contributed by atoms with van der Waals surface area (Å²) in [5.74, 6) is -0.131. The summed E-state index contributed by atoms with van der Waals surface area (Å²) in [6.45, 7) is 13.1. The third-order valence-corrected chi connectivity index (χ3v) is 3.97. The van der Waals surface area contributed by atoms with Crippen molar-refractivity contribution in [2.45, 2.75) is 58.6 Å². The Labute approximate surface area is 129 Å². The molecule has 2 unspecified atom stereocenters. The van der Waals surface area contributed by atoms with E-state index < -0.39 is 5.54 Å². The molecule has 5 heteroatoms. The fourth-order valence-corrected chi connectivity index (χ4v) is 2.70. The molecule has 1 aliphatic heterocycles. The van der Waals surface area contributed by atoms with Crippen LogP contribution in [0.5, 0.6) is 0 Å². The summed E-state index contributed by atoms with van der Waals surface area (Å²) < 4.78 is 10.8. The standard InChI is InChI=1S/C16H32N2O3/c1-5-9-17-16(4,15(19)20-6-2)8-7-10-18-11-12-21-14(3)13-18/h14,17H,5-13H2,1-4H3. The lowest BCUT2D eigenvalue weighted by Gasteiger charge is -2.33. The molecule has 0 aromatic heterocycles. The maximum absolute atomic E-state index is 12.2. The molecule has 1 aliphatic rings. The minimum Gasteiger partial charge on any atom is -0.465 e. The summed E-state index contributed by atoms with van der Waals surface area (Å²) in [4.78, 5) is 14.6. The van der Waals surface area contributed by atoms with Crippen molar-refractivity contribution >= 4 is 5.97 Å². The molecule has 0 amide bonds. The Bertz CT molecular complexity index is 312. The molecule has 1 fully saturated rings. The molecule has 0 radical (unpaired) electrons. The summed E-state index contributed by atoms with van der Waals surface area (Å²) in [7, 11) is 0. The van der Waals surface area contributed by atoms with Crippen molar-refractivity contribution in [3.8, 4) is 0 Å². The number of nitrogens with one attached hydrogen (secondary N) is 1. The Balaban J connectivity index is 2.42. The highest BCUT2D eigenvalue weighted by atomic mass is 16.5. The van der Waals surface area contributed by atoms with E-state index in [0.717, 1.165) is 52.0 Å². The second-order valence-electron chi connectivity index (χ2n) is 6.06. The molecule has 21 heavy (non-hydrogen) atoms.